The summed E-state index contributed by atoms with van der Waals surface area (Å²) in [6, 6.07) is 20.6. The maximum absolute atomic E-state index is 13.2. The number of aliphatic imine (C=N–C) groups is 1. The number of hydrogen-bond donors (Lipinski definition) is 0. The highest BCUT2D eigenvalue weighted by Gasteiger charge is 2.28. The molecule has 4 aromatic rings. The molecule has 0 unspecified atom stereocenters. The summed E-state index contributed by atoms with van der Waals surface area (Å²) >= 11 is 6.34. The van der Waals surface area contributed by atoms with Crippen LogP contribution < -0.4 is 4.74 Å². The van der Waals surface area contributed by atoms with Crippen molar-refractivity contribution in [1.82, 2.24) is 19.9 Å². The molecule has 186 valence electrons. The predicted octanol–water partition coefficient (Wildman–Crippen LogP) is 5.59. The fraction of sp³-hybridized carbons (Fsp3) is 0.214. The van der Waals surface area contributed by atoms with Gasteiger partial charge in [-0.15, -0.1) is 0 Å². The van der Waals surface area contributed by atoms with E-state index in [0.717, 1.165) is 22.6 Å². The molecule has 0 spiro atoms. The molecule has 1 amide bonds. The van der Waals surface area contributed by atoms with Gasteiger partial charge in [0.1, 0.15) is 17.3 Å². The van der Waals surface area contributed by atoms with Crippen LogP contribution >= 0.6 is 11.6 Å². The van der Waals surface area contributed by atoms with E-state index < -0.39 is 0 Å². The summed E-state index contributed by atoms with van der Waals surface area (Å²) in [6.07, 6.45) is 0.681. The summed E-state index contributed by atoms with van der Waals surface area (Å²) in [6.45, 7) is 4.38. The Hall–Kier alpha value is -4.17. The number of halogens is 1. The van der Waals surface area contributed by atoms with Gasteiger partial charge in [-0.25, -0.2) is 4.99 Å². The normalized spacial score (nSPS) is 14.8. The molecule has 0 aliphatic carbocycles. The smallest absolute Gasteiger partial charge is 0.253 e. The highest BCUT2D eigenvalue weighted by molar-refractivity contribution is 6.31. The first-order valence-electron chi connectivity index (χ1n) is 12.2. The van der Waals surface area contributed by atoms with Crippen LogP contribution in [0, 0.1) is 0 Å². The number of carbonyl (C=O) groups excluding carboxylic acids is 1. The quantitative estimate of drug-likeness (QED) is 0.355. The number of rotatable bonds is 3. The molecule has 3 aromatic carbocycles. The molecule has 2 aliphatic rings. The third kappa shape index (κ3) is 4.56. The Balaban J connectivity index is 1.19. The Morgan fingerprint density at radius 1 is 0.973 bits per heavy atom. The standard InChI is InChI=1S/C28H24ClN5O3/c1-2-25-31-26(32-37-25)18-7-9-19(10-8-18)28(35)34-15-13-33(14-16-34)27-21-17-20(29)11-12-23(21)36-24-6-4-3-5-22(24)30-27/h3-12,17H,2,13-16H2,1H3. The molecule has 1 aromatic heterocycles. The summed E-state index contributed by atoms with van der Waals surface area (Å²) in [5.41, 5.74) is 3.04. The van der Waals surface area contributed by atoms with E-state index in [0.29, 0.717) is 66.4 Å². The maximum Gasteiger partial charge on any atom is 0.253 e. The van der Waals surface area contributed by atoms with Crippen molar-refractivity contribution in [1.29, 1.82) is 0 Å². The van der Waals surface area contributed by atoms with E-state index in [4.69, 9.17) is 25.9 Å². The van der Waals surface area contributed by atoms with Crippen LogP contribution in [0.2, 0.25) is 5.02 Å². The van der Waals surface area contributed by atoms with Gasteiger partial charge < -0.3 is 19.1 Å². The van der Waals surface area contributed by atoms with Crippen LogP contribution in [-0.2, 0) is 6.42 Å². The topological polar surface area (TPSA) is 84.1 Å². The number of amidine groups is 1. The molecule has 6 rings (SSSR count). The number of carbonyl (C=O) groups is 1. The average molecular weight is 514 g/mol. The number of aromatic nitrogens is 2. The zero-order valence-corrected chi connectivity index (χ0v) is 21.0. The second kappa shape index (κ2) is 9.71. The lowest BCUT2D eigenvalue weighted by atomic mass is 10.1. The maximum atomic E-state index is 13.2. The number of ether oxygens (including phenoxy) is 1. The zero-order chi connectivity index (χ0) is 25.4. The summed E-state index contributed by atoms with van der Waals surface area (Å²) < 4.78 is 11.4. The summed E-state index contributed by atoms with van der Waals surface area (Å²) in [5.74, 6) is 3.31. The van der Waals surface area contributed by atoms with Crippen LogP contribution in [0.1, 0.15) is 28.7 Å². The largest absolute Gasteiger partial charge is 0.454 e. The van der Waals surface area contributed by atoms with Crippen molar-refractivity contribution in [3.05, 3.63) is 88.8 Å². The summed E-state index contributed by atoms with van der Waals surface area (Å²) in [4.78, 5) is 26.6. The van der Waals surface area contributed by atoms with Crippen molar-refractivity contribution in [3.63, 3.8) is 0 Å². The predicted molar refractivity (Wildman–Crippen MR) is 141 cm³/mol. The first kappa shape index (κ1) is 23.2. The number of nitrogens with zero attached hydrogens (tertiary/aromatic N) is 5. The Morgan fingerprint density at radius 3 is 2.51 bits per heavy atom. The number of para-hydroxylation sites is 2. The highest BCUT2D eigenvalue weighted by atomic mass is 35.5. The minimum absolute atomic E-state index is 0.00603. The fourth-order valence-corrected chi connectivity index (χ4v) is 4.69. The van der Waals surface area contributed by atoms with Crippen LogP contribution in [0.15, 0.2) is 76.2 Å². The van der Waals surface area contributed by atoms with E-state index in [2.05, 4.69) is 15.0 Å². The lowest BCUT2D eigenvalue weighted by Crippen LogP contribution is -2.50. The van der Waals surface area contributed by atoms with E-state index in [1.807, 2.05) is 78.6 Å². The number of hydrogen-bond acceptors (Lipinski definition) is 7. The molecular weight excluding hydrogens is 490 g/mol. The summed E-state index contributed by atoms with van der Waals surface area (Å²) in [5, 5.41) is 4.62. The molecule has 2 aliphatic heterocycles. The molecule has 0 atom stereocenters. The monoisotopic (exact) mass is 513 g/mol. The van der Waals surface area contributed by atoms with E-state index in [9.17, 15) is 4.79 Å². The van der Waals surface area contributed by atoms with Crippen LogP contribution in [0.4, 0.5) is 5.69 Å². The van der Waals surface area contributed by atoms with E-state index in [-0.39, 0.29) is 5.91 Å². The second-order valence-corrected chi connectivity index (χ2v) is 9.30. The van der Waals surface area contributed by atoms with Crippen LogP contribution in [0.25, 0.3) is 11.4 Å². The minimum atomic E-state index is -0.00603. The average Bonchev–Trinajstić information content (AvgIpc) is 3.36. The van der Waals surface area contributed by atoms with E-state index >= 15 is 0 Å². The Labute approximate surface area is 219 Å². The van der Waals surface area contributed by atoms with Crippen molar-refractivity contribution in [2.75, 3.05) is 26.2 Å². The minimum Gasteiger partial charge on any atom is -0.454 e. The molecule has 0 radical (unpaired) electrons. The van der Waals surface area contributed by atoms with Gasteiger partial charge in [-0.2, -0.15) is 4.98 Å². The number of benzene rings is 3. The van der Waals surface area contributed by atoms with Gasteiger partial charge in [0, 0.05) is 48.7 Å². The van der Waals surface area contributed by atoms with Gasteiger partial charge in [-0.3, -0.25) is 4.79 Å². The number of fused-ring (bicyclic) bond motifs is 2. The van der Waals surface area contributed by atoms with Gasteiger partial charge in [-0.1, -0.05) is 47.9 Å². The summed E-state index contributed by atoms with van der Waals surface area (Å²) in [7, 11) is 0. The number of aryl methyl sites for hydroxylation is 1. The molecule has 0 saturated carbocycles. The Morgan fingerprint density at radius 2 is 1.76 bits per heavy atom. The van der Waals surface area contributed by atoms with Crippen molar-refractivity contribution < 1.29 is 14.1 Å². The van der Waals surface area contributed by atoms with Crippen LogP contribution in [0.3, 0.4) is 0 Å². The molecule has 8 nitrogen and oxygen atoms in total. The van der Waals surface area contributed by atoms with Crippen molar-refractivity contribution in [3.8, 4) is 22.9 Å². The van der Waals surface area contributed by atoms with Crippen molar-refractivity contribution in [2.24, 2.45) is 4.99 Å². The Bertz CT molecular complexity index is 1490. The third-order valence-electron chi connectivity index (χ3n) is 6.52. The van der Waals surface area contributed by atoms with Gasteiger partial charge >= 0.3 is 0 Å². The van der Waals surface area contributed by atoms with E-state index in [1.54, 1.807) is 0 Å². The molecular formula is C28H24ClN5O3. The molecule has 37 heavy (non-hydrogen) atoms. The molecule has 1 fully saturated rings. The molecule has 0 N–H and O–H groups in total. The van der Waals surface area contributed by atoms with Crippen LogP contribution in [0.5, 0.6) is 11.5 Å². The van der Waals surface area contributed by atoms with Crippen molar-refractivity contribution in [2.45, 2.75) is 13.3 Å². The third-order valence-corrected chi connectivity index (χ3v) is 6.76. The molecule has 9 heteroatoms. The molecule has 1 saturated heterocycles. The number of piperazine rings is 1. The fourth-order valence-electron chi connectivity index (χ4n) is 4.52. The SMILES string of the molecule is CCc1nc(-c2ccc(C(=O)N3CCN(C4=Nc5ccccc5Oc5ccc(Cl)cc54)CC3)cc2)no1. The second-order valence-electron chi connectivity index (χ2n) is 8.87. The molecule has 3 heterocycles. The highest BCUT2D eigenvalue weighted by Crippen LogP contribution is 2.39. The van der Waals surface area contributed by atoms with Gasteiger partial charge in [0.15, 0.2) is 5.75 Å². The lowest BCUT2D eigenvalue weighted by Gasteiger charge is -2.36. The van der Waals surface area contributed by atoms with Gasteiger partial charge in [0.25, 0.3) is 5.91 Å². The van der Waals surface area contributed by atoms with Gasteiger partial charge in [-0.05, 0) is 42.5 Å². The zero-order valence-electron chi connectivity index (χ0n) is 20.2. The van der Waals surface area contributed by atoms with E-state index in [1.165, 1.54) is 0 Å². The van der Waals surface area contributed by atoms with Gasteiger partial charge in [0.05, 0.1) is 5.56 Å². The lowest BCUT2D eigenvalue weighted by molar-refractivity contribution is 0.0692. The van der Waals surface area contributed by atoms with Crippen LogP contribution in [-0.4, -0.2) is 57.9 Å². The van der Waals surface area contributed by atoms with Gasteiger partial charge in [0.2, 0.25) is 11.7 Å². The molecule has 0 bridgehead atoms. The first-order chi connectivity index (χ1) is 18.1. The Kier molecular flexibility index (Phi) is 6.10. The van der Waals surface area contributed by atoms with Crippen molar-refractivity contribution >= 4 is 29.0 Å². The number of amides is 1. The first-order valence-corrected chi connectivity index (χ1v) is 12.6.